The van der Waals surface area contributed by atoms with Gasteiger partial charge < -0.3 is 0 Å². The van der Waals surface area contributed by atoms with Crippen molar-refractivity contribution in [1.82, 2.24) is 0 Å². The first-order valence-corrected chi connectivity index (χ1v) is 7.37. The van der Waals surface area contributed by atoms with Crippen molar-refractivity contribution in [3.63, 3.8) is 0 Å². The summed E-state index contributed by atoms with van der Waals surface area (Å²) in [6, 6.07) is 10.4. The SMILES string of the molecule is CC[I-]Oc1cccc2ccc[n+](C)c12. The molecular formula is C12H14INO. The van der Waals surface area contributed by atoms with Crippen molar-refractivity contribution in [1.29, 1.82) is 0 Å². The van der Waals surface area contributed by atoms with Crippen molar-refractivity contribution in [3.05, 3.63) is 36.5 Å². The van der Waals surface area contributed by atoms with E-state index >= 15 is 0 Å². The normalized spacial score (nSPS) is 10.8. The summed E-state index contributed by atoms with van der Waals surface area (Å²) in [5, 5.41) is 1.23. The van der Waals surface area contributed by atoms with Gasteiger partial charge in [-0.1, -0.05) is 0 Å². The molecule has 0 aliphatic heterocycles. The second kappa shape index (κ2) is 4.79. The Morgan fingerprint density at radius 2 is 2.07 bits per heavy atom. The first-order chi connectivity index (χ1) is 7.33. The molecule has 0 saturated heterocycles. The van der Waals surface area contributed by atoms with Gasteiger partial charge in [0.1, 0.15) is 0 Å². The number of alkyl halides is 1. The first kappa shape index (κ1) is 10.7. The van der Waals surface area contributed by atoms with Gasteiger partial charge in [-0.3, -0.25) is 0 Å². The maximum atomic E-state index is 5.84. The first-order valence-electron chi connectivity index (χ1n) is 4.96. The molecule has 1 aromatic heterocycles. The van der Waals surface area contributed by atoms with Crippen LogP contribution in [0.5, 0.6) is 5.75 Å². The van der Waals surface area contributed by atoms with E-state index in [4.69, 9.17) is 3.07 Å². The number of halogens is 1. The molecular weight excluding hydrogens is 301 g/mol. The standard InChI is InChI=1S/C12H14INO/c1-3-13-15-11-8-4-6-10-7-5-9-14(2)12(10)11/h4-9H,3H2,1-2H3. The van der Waals surface area contributed by atoms with Crippen molar-refractivity contribution in [2.24, 2.45) is 7.05 Å². The Hall–Kier alpha value is -0.840. The Labute approximate surface area is 101 Å². The fourth-order valence-electron chi connectivity index (χ4n) is 1.58. The van der Waals surface area contributed by atoms with Crippen LogP contribution in [0, 0.1) is 0 Å². The minimum atomic E-state index is -0.152. The third kappa shape index (κ3) is 2.22. The van der Waals surface area contributed by atoms with E-state index in [-0.39, 0.29) is 21.6 Å². The van der Waals surface area contributed by atoms with Crippen LogP contribution in [0.2, 0.25) is 0 Å². The topological polar surface area (TPSA) is 13.1 Å². The van der Waals surface area contributed by atoms with Crippen LogP contribution < -0.4 is 29.3 Å². The average molecular weight is 315 g/mol. The molecule has 0 radical (unpaired) electrons. The van der Waals surface area contributed by atoms with Gasteiger partial charge in [0.2, 0.25) is 0 Å². The minimum absolute atomic E-state index is 0.152. The summed E-state index contributed by atoms with van der Waals surface area (Å²) in [5.74, 6) is 1.02. The zero-order valence-electron chi connectivity index (χ0n) is 8.90. The summed E-state index contributed by atoms with van der Waals surface area (Å²) < 4.78 is 9.10. The Morgan fingerprint density at radius 3 is 2.87 bits per heavy atom. The fraction of sp³-hybridized carbons (Fsp3) is 0.250. The van der Waals surface area contributed by atoms with Gasteiger partial charge in [0.15, 0.2) is 0 Å². The number of hydrogen-bond acceptors (Lipinski definition) is 1. The maximum absolute atomic E-state index is 5.84. The van der Waals surface area contributed by atoms with E-state index in [1.54, 1.807) is 0 Å². The zero-order valence-corrected chi connectivity index (χ0v) is 11.1. The van der Waals surface area contributed by atoms with E-state index in [1.807, 2.05) is 0 Å². The molecule has 0 fully saturated rings. The Bertz CT molecular complexity index is 465. The number of hydrogen-bond donors (Lipinski definition) is 0. The zero-order chi connectivity index (χ0) is 10.7. The summed E-state index contributed by atoms with van der Waals surface area (Å²) in [6.45, 7) is 2.17. The summed E-state index contributed by atoms with van der Waals surface area (Å²) >= 11 is -0.152. The van der Waals surface area contributed by atoms with Gasteiger partial charge in [0.25, 0.3) is 0 Å². The van der Waals surface area contributed by atoms with Crippen LogP contribution in [0.1, 0.15) is 6.92 Å². The molecule has 2 rings (SSSR count). The number of aromatic nitrogens is 1. The number of para-hydroxylation sites is 1. The van der Waals surface area contributed by atoms with E-state index in [9.17, 15) is 0 Å². The van der Waals surface area contributed by atoms with E-state index in [0.29, 0.717) is 0 Å². The van der Waals surface area contributed by atoms with Crippen molar-refractivity contribution in [2.45, 2.75) is 6.92 Å². The van der Waals surface area contributed by atoms with Crippen LogP contribution >= 0.6 is 0 Å². The third-order valence-corrected chi connectivity index (χ3v) is 3.62. The molecule has 0 saturated carbocycles. The van der Waals surface area contributed by atoms with Crippen LogP contribution in [-0.4, -0.2) is 4.43 Å². The molecule has 80 valence electrons. The van der Waals surface area contributed by atoms with Gasteiger partial charge in [-0.15, -0.1) is 0 Å². The number of fused-ring (bicyclic) bond motifs is 1. The Kier molecular flexibility index (Phi) is 3.41. The van der Waals surface area contributed by atoms with Crippen molar-refractivity contribution < 1.29 is 29.3 Å². The van der Waals surface area contributed by atoms with E-state index in [0.717, 1.165) is 10.2 Å². The van der Waals surface area contributed by atoms with Gasteiger partial charge in [-0.25, -0.2) is 0 Å². The Balaban J connectivity index is 2.53. The number of pyridine rings is 1. The van der Waals surface area contributed by atoms with Crippen molar-refractivity contribution in [2.75, 3.05) is 4.43 Å². The number of rotatable bonds is 3. The van der Waals surface area contributed by atoms with Gasteiger partial charge in [-0.2, -0.15) is 0 Å². The van der Waals surface area contributed by atoms with Gasteiger partial charge in [-0.05, 0) is 0 Å². The molecule has 0 amide bonds. The van der Waals surface area contributed by atoms with Gasteiger partial charge in [0, 0.05) is 0 Å². The number of benzene rings is 1. The monoisotopic (exact) mass is 315 g/mol. The van der Waals surface area contributed by atoms with Crippen LogP contribution in [0.15, 0.2) is 36.5 Å². The van der Waals surface area contributed by atoms with Crippen molar-refractivity contribution >= 4 is 10.9 Å². The second-order valence-electron chi connectivity index (χ2n) is 3.27. The van der Waals surface area contributed by atoms with Gasteiger partial charge >= 0.3 is 101 Å². The molecule has 2 nitrogen and oxygen atoms in total. The van der Waals surface area contributed by atoms with Crippen molar-refractivity contribution in [3.8, 4) is 5.75 Å². The quantitative estimate of drug-likeness (QED) is 0.405. The summed E-state index contributed by atoms with van der Waals surface area (Å²) in [5.41, 5.74) is 1.19. The molecule has 1 aromatic carbocycles. The molecule has 0 atom stereocenters. The van der Waals surface area contributed by atoms with E-state index < -0.39 is 0 Å². The van der Waals surface area contributed by atoms with Crippen LogP contribution in [-0.2, 0) is 7.05 Å². The number of nitrogens with zero attached hydrogens (tertiary/aromatic N) is 1. The predicted molar refractivity (Wildman–Crippen MR) is 56.3 cm³/mol. The molecule has 0 bridgehead atoms. The third-order valence-electron chi connectivity index (χ3n) is 2.22. The van der Waals surface area contributed by atoms with Crippen LogP contribution in [0.4, 0.5) is 0 Å². The molecule has 0 aliphatic carbocycles. The summed E-state index contributed by atoms with van der Waals surface area (Å²) in [7, 11) is 2.06. The number of aryl methyl sites for hydroxylation is 1. The molecule has 0 spiro atoms. The second-order valence-corrected chi connectivity index (χ2v) is 5.86. The Morgan fingerprint density at radius 1 is 1.27 bits per heavy atom. The molecule has 1 heterocycles. The molecule has 0 aliphatic rings. The molecule has 2 aromatic rings. The fourth-order valence-corrected chi connectivity index (χ4v) is 2.58. The molecule has 3 heteroatoms. The summed E-state index contributed by atoms with van der Waals surface area (Å²) in [4.78, 5) is 0. The summed E-state index contributed by atoms with van der Waals surface area (Å²) in [6.07, 6.45) is 2.06. The molecule has 0 unspecified atom stereocenters. The molecule has 0 N–H and O–H groups in total. The van der Waals surface area contributed by atoms with Crippen LogP contribution in [0.25, 0.3) is 10.9 Å². The van der Waals surface area contributed by atoms with E-state index in [2.05, 4.69) is 55.1 Å². The van der Waals surface area contributed by atoms with Gasteiger partial charge in [0.05, 0.1) is 0 Å². The molecule has 15 heavy (non-hydrogen) atoms. The average Bonchev–Trinajstić information content (AvgIpc) is 2.26. The van der Waals surface area contributed by atoms with Crippen LogP contribution in [0.3, 0.4) is 0 Å². The predicted octanol–water partition coefficient (Wildman–Crippen LogP) is -0.933. The van der Waals surface area contributed by atoms with E-state index in [1.165, 1.54) is 10.9 Å².